The molecule has 0 unspecified atom stereocenters. The molecule has 1 fully saturated rings. The molecule has 12 heteroatoms. The number of rotatable bonds is 4. The van der Waals surface area contributed by atoms with E-state index in [0.717, 1.165) is 26.7 Å². The number of halogens is 3. The molecule has 3 aromatic rings. The lowest BCUT2D eigenvalue weighted by Gasteiger charge is -2.35. The Morgan fingerprint density at radius 1 is 1.03 bits per heavy atom. The highest BCUT2D eigenvalue weighted by molar-refractivity contribution is 7.89. The lowest BCUT2D eigenvalue weighted by atomic mass is 10.3. The van der Waals surface area contributed by atoms with Crippen LogP contribution in [0.3, 0.4) is 0 Å². The van der Waals surface area contributed by atoms with Crippen LogP contribution in [-0.4, -0.2) is 55.2 Å². The minimum Gasteiger partial charge on any atom is -0.404 e. The van der Waals surface area contributed by atoms with Gasteiger partial charge in [0.1, 0.15) is 27.6 Å². The van der Waals surface area contributed by atoms with Crippen LogP contribution in [0.5, 0.6) is 5.75 Å². The zero-order chi connectivity index (χ0) is 20.6. The van der Waals surface area contributed by atoms with Crippen LogP contribution in [0.25, 0.3) is 10.2 Å². The predicted molar refractivity (Wildman–Crippen MR) is 102 cm³/mol. The van der Waals surface area contributed by atoms with Gasteiger partial charge in [-0.1, -0.05) is 12.1 Å². The minimum absolute atomic E-state index is 0.109. The monoisotopic (exact) mass is 444 g/mol. The number of benzene rings is 1. The molecular weight excluding hydrogens is 429 g/mol. The van der Waals surface area contributed by atoms with E-state index < -0.39 is 27.0 Å². The number of sulfonamides is 1. The Labute approximate surface area is 168 Å². The number of fused-ring (bicyclic) bond motifs is 1. The van der Waals surface area contributed by atoms with Crippen LogP contribution < -0.4 is 9.64 Å². The van der Waals surface area contributed by atoms with E-state index in [0.29, 0.717) is 18.9 Å². The van der Waals surface area contributed by atoms with Gasteiger partial charge in [-0.05, 0) is 23.6 Å². The Balaban J connectivity index is 1.55. The zero-order valence-corrected chi connectivity index (χ0v) is 16.5. The van der Waals surface area contributed by atoms with Crippen molar-refractivity contribution in [3.05, 3.63) is 42.0 Å². The third-order valence-corrected chi connectivity index (χ3v) is 7.23. The van der Waals surface area contributed by atoms with E-state index >= 15 is 0 Å². The van der Waals surface area contributed by atoms with Crippen molar-refractivity contribution < 1.29 is 26.3 Å². The lowest BCUT2D eigenvalue weighted by molar-refractivity contribution is -0.275. The summed E-state index contributed by atoms with van der Waals surface area (Å²) in [6.45, 7) is 0.920. The Bertz CT molecular complexity index is 1130. The van der Waals surface area contributed by atoms with Crippen molar-refractivity contribution in [3.63, 3.8) is 0 Å². The van der Waals surface area contributed by atoms with E-state index in [1.165, 1.54) is 29.8 Å². The fourth-order valence-corrected chi connectivity index (χ4v) is 5.44. The third kappa shape index (κ3) is 4.00. The Kier molecular flexibility index (Phi) is 5.09. The molecule has 0 atom stereocenters. The van der Waals surface area contributed by atoms with Crippen LogP contribution in [0.2, 0.25) is 0 Å². The molecule has 0 N–H and O–H groups in total. The number of anilines is 1. The van der Waals surface area contributed by atoms with Gasteiger partial charge in [-0.2, -0.15) is 4.31 Å². The van der Waals surface area contributed by atoms with Crippen LogP contribution in [0, 0.1) is 0 Å². The zero-order valence-electron chi connectivity index (χ0n) is 14.8. The van der Waals surface area contributed by atoms with Crippen molar-refractivity contribution in [1.82, 2.24) is 14.3 Å². The molecule has 0 saturated carbocycles. The number of para-hydroxylation sites is 1. The second-order valence-electron chi connectivity index (χ2n) is 6.22. The summed E-state index contributed by atoms with van der Waals surface area (Å²) in [6, 6.07) is 6.66. The van der Waals surface area contributed by atoms with Gasteiger partial charge in [0.15, 0.2) is 0 Å². The van der Waals surface area contributed by atoms with Gasteiger partial charge in [0.05, 0.1) is 5.39 Å². The molecule has 0 radical (unpaired) electrons. The van der Waals surface area contributed by atoms with E-state index in [1.807, 2.05) is 16.3 Å². The van der Waals surface area contributed by atoms with Crippen LogP contribution in [-0.2, 0) is 10.0 Å². The summed E-state index contributed by atoms with van der Waals surface area (Å²) < 4.78 is 68.9. The van der Waals surface area contributed by atoms with E-state index in [9.17, 15) is 21.6 Å². The number of hydrogen-bond donors (Lipinski definition) is 0. The molecule has 0 amide bonds. The van der Waals surface area contributed by atoms with Gasteiger partial charge < -0.3 is 9.64 Å². The summed E-state index contributed by atoms with van der Waals surface area (Å²) in [7, 11) is -4.15. The van der Waals surface area contributed by atoms with Crippen molar-refractivity contribution in [2.75, 3.05) is 31.1 Å². The van der Waals surface area contributed by atoms with Gasteiger partial charge >= 0.3 is 6.36 Å². The van der Waals surface area contributed by atoms with Gasteiger partial charge in [-0.3, -0.25) is 0 Å². The van der Waals surface area contributed by atoms with Crippen molar-refractivity contribution in [1.29, 1.82) is 0 Å². The highest BCUT2D eigenvalue weighted by atomic mass is 32.2. The SMILES string of the molecule is O=S(=O)(c1ccccc1OC(F)(F)F)N1CCN(c2ncnc3sccc23)CC1. The van der Waals surface area contributed by atoms with Crippen molar-refractivity contribution in [2.24, 2.45) is 0 Å². The third-order valence-electron chi connectivity index (χ3n) is 4.47. The summed E-state index contributed by atoms with van der Waals surface area (Å²) in [6.07, 6.45) is -3.52. The van der Waals surface area contributed by atoms with Gasteiger partial charge in [0.2, 0.25) is 10.0 Å². The molecule has 0 bridgehead atoms. The first-order chi connectivity index (χ1) is 13.8. The van der Waals surface area contributed by atoms with Crippen LogP contribution >= 0.6 is 11.3 Å². The second kappa shape index (κ2) is 7.43. The maximum atomic E-state index is 12.9. The van der Waals surface area contributed by atoms with Crippen LogP contribution in [0.1, 0.15) is 0 Å². The van der Waals surface area contributed by atoms with Crippen molar-refractivity contribution in [3.8, 4) is 5.75 Å². The van der Waals surface area contributed by atoms with E-state index in [2.05, 4.69) is 14.7 Å². The maximum absolute atomic E-state index is 12.9. The Morgan fingerprint density at radius 2 is 1.76 bits per heavy atom. The summed E-state index contributed by atoms with van der Waals surface area (Å²) in [4.78, 5) is 10.8. The number of piperazine rings is 1. The highest BCUT2D eigenvalue weighted by Crippen LogP contribution is 2.32. The number of thiophene rings is 1. The van der Waals surface area contributed by atoms with E-state index in [-0.39, 0.29) is 13.1 Å². The normalized spacial score (nSPS) is 16.3. The first kappa shape index (κ1) is 19.9. The molecule has 7 nitrogen and oxygen atoms in total. The number of hydrogen-bond acceptors (Lipinski definition) is 7. The molecule has 1 aliphatic heterocycles. The smallest absolute Gasteiger partial charge is 0.404 e. The van der Waals surface area contributed by atoms with E-state index in [1.54, 1.807) is 0 Å². The van der Waals surface area contributed by atoms with Gasteiger partial charge in [-0.25, -0.2) is 18.4 Å². The van der Waals surface area contributed by atoms with E-state index in [4.69, 9.17) is 0 Å². The molecule has 1 aromatic carbocycles. The minimum atomic E-state index is -4.98. The summed E-state index contributed by atoms with van der Waals surface area (Å²) in [5.74, 6) is -0.0210. The second-order valence-corrected chi connectivity index (χ2v) is 9.02. The topological polar surface area (TPSA) is 75.6 Å². The van der Waals surface area contributed by atoms with Crippen molar-refractivity contribution in [2.45, 2.75) is 11.3 Å². The number of ether oxygens (including phenoxy) is 1. The maximum Gasteiger partial charge on any atom is 0.573 e. The first-order valence-corrected chi connectivity index (χ1v) is 10.9. The Morgan fingerprint density at radius 3 is 2.48 bits per heavy atom. The molecule has 29 heavy (non-hydrogen) atoms. The summed E-state index contributed by atoms with van der Waals surface area (Å²) in [5, 5.41) is 2.79. The fourth-order valence-electron chi connectivity index (χ4n) is 3.18. The number of aromatic nitrogens is 2. The van der Waals surface area contributed by atoms with Crippen LogP contribution in [0.15, 0.2) is 46.9 Å². The van der Waals surface area contributed by atoms with Gasteiger partial charge in [-0.15, -0.1) is 24.5 Å². The molecule has 0 spiro atoms. The molecule has 4 rings (SSSR count). The molecule has 1 aliphatic rings. The summed E-state index contributed by atoms with van der Waals surface area (Å²) >= 11 is 1.48. The average Bonchev–Trinajstić information content (AvgIpc) is 3.16. The largest absolute Gasteiger partial charge is 0.573 e. The molecule has 3 heterocycles. The molecule has 2 aromatic heterocycles. The molecular formula is C17H15F3N4O3S2. The lowest BCUT2D eigenvalue weighted by Crippen LogP contribution is -2.49. The highest BCUT2D eigenvalue weighted by Gasteiger charge is 2.36. The van der Waals surface area contributed by atoms with Crippen LogP contribution in [0.4, 0.5) is 19.0 Å². The fraction of sp³-hybridized carbons (Fsp3) is 0.294. The average molecular weight is 444 g/mol. The molecule has 154 valence electrons. The Hall–Kier alpha value is -2.44. The number of alkyl halides is 3. The summed E-state index contributed by atoms with van der Waals surface area (Å²) in [5.41, 5.74) is 0. The van der Waals surface area contributed by atoms with Gasteiger partial charge in [0.25, 0.3) is 0 Å². The predicted octanol–water partition coefficient (Wildman–Crippen LogP) is 3.10. The number of nitrogens with zero attached hydrogens (tertiary/aromatic N) is 4. The molecule has 0 aliphatic carbocycles. The van der Waals surface area contributed by atoms with Crippen molar-refractivity contribution >= 4 is 37.4 Å². The van der Waals surface area contributed by atoms with Gasteiger partial charge in [0, 0.05) is 26.2 Å². The first-order valence-electron chi connectivity index (χ1n) is 8.54. The standard InChI is InChI=1S/C17H15F3N4O3S2/c18-17(19,20)27-13-3-1-2-4-14(13)29(25,26)24-8-6-23(7-9-24)15-12-5-10-28-16(12)22-11-21-15/h1-5,10-11H,6-9H2. The molecule has 1 saturated heterocycles. The quantitative estimate of drug-likeness (QED) is 0.616.